The van der Waals surface area contributed by atoms with Gasteiger partial charge in [0.1, 0.15) is 0 Å². The average molecular weight is 331 g/mol. The molecule has 1 N–H and O–H groups in total. The molecule has 1 aromatic heterocycles. The third-order valence-corrected chi connectivity index (χ3v) is 4.29. The zero-order chi connectivity index (χ0) is 11.2. The number of halogens is 2. The molecule has 0 aliphatic heterocycles. The van der Waals surface area contributed by atoms with E-state index in [0.29, 0.717) is 4.47 Å². The minimum Gasteiger partial charge on any atom is -0.360 e. The zero-order valence-corrected chi connectivity index (χ0v) is 11.5. The Hall–Kier alpha value is -0.610. The predicted octanol–water partition coefficient (Wildman–Crippen LogP) is 3.67. The van der Waals surface area contributed by atoms with Crippen LogP contribution in [0.4, 0.5) is 0 Å². The molecule has 0 radical (unpaired) electrons. The van der Waals surface area contributed by atoms with Gasteiger partial charge in [0, 0.05) is 16.2 Å². The average Bonchev–Trinajstić information content (AvgIpc) is 2.20. The number of fused-ring (bicyclic) bond motifs is 1. The van der Waals surface area contributed by atoms with E-state index in [4.69, 9.17) is 0 Å². The molecule has 0 amide bonds. The third-order valence-electron chi connectivity index (χ3n) is 2.48. The van der Waals surface area contributed by atoms with E-state index in [1.54, 1.807) is 6.20 Å². The van der Waals surface area contributed by atoms with Crippen LogP contribution >= 0.6 is 31.9 Å². The van der Waals surface area contributed by atoms with E-state index in [1.807, 2.05) is 19.9 Å². The van der Waals surface area contributed by atoms with Gasteiger partial charge in [-0.3, -0.25) is 4.79 Å². The van der Waals surface area contributed by atoms with Gasteiger partial charge in [-0.2, -0.15) is 0 Å². The molecule has 2 nitrogen and oxygen atoms in total. The van der Waals surface area contributed by atoms with Crippen LogP contribution in [0.25, 0.3) is 10.9 Å². The summed E-state index contributed by atoms with van der Waals surface area (Å²) in [5, 5.41) is 0.738. The van der Waals surface area contributed by atoms with Crippen LogP contribution in [-0.4, -0.2) is 4.98 Å². The van der Waals surface area contributed by atoms with E-state index in [-0.39, 0.29) is 5.43 Å². The van der Waals surface area contributed by atoms with Crippen molar-refractivity contribution in [3.05, 3.63) is 42.6 Å². The SMILES string of the molecule is Cc1cc2[nH]cc(Br)c(=O)c2c(C)c1Br. The molecular formula is C11H9Br2NO. The minimum atomic E-state index is 0.0296. The number of hydrogen-bond donors (Lipinski definition) is 1. The Kier molecular flexibility index (Phi) is 2.73. The van der Waals surface area contributed by atoms with E-state index < -0.39 is 0 Å². The number of aryl methyl sites for hydroxylation is 2. The molecule has 0 atom stereocenters. The summed E-state index contributed by atoms with van der Waals surface area (Å²) in [4.78, 5) is 15.0. The van der Waals surface area contributed by atoms with Crippen LogP contribution in [0, 0.1) is 13.8 Å². The van der Waals surface area contributed by atoms with Gasteiger partial charge in [-0.1, -0.05) is 15.9 Å². The summed E-state index contributed by atoms with van der Waals surface area (Å²) in [6, 6.07) is 1.97. The maximum atomic E-state index is 11.9. The van der Waals surface area contributed by atoms with Crippen molar-refractivity contribution in [2.24, 2.45) is 0 Å². The lowest BCUT2D eigenvalue weighted by Crippen LogP contribution is -2.06. The number of H-pyrrole nitrogens is 1. The Bertz CT molecular complexity index is 602. The Morgan fingerprint density at radius 3 is 2.60 bits per heavy atom. The van der Waals surface area contributed by atoms with Gasteiger partial charge in [0.2, 0.25) is 5.43 Å². The van der Waals surface area contributed by atoms with Crippen LogP contribution < -0.4 is 5.43 Å². The molecule has 2 aromatic rings. The number of rotatable bonds is 0. The zero-order valence-electron chi connectivity index (χ0n) is 8.32. The van der Waals surface area contributed by atoms with Crippen molar-refractivity contribution in [2.45, 2.75) is 13.8 Å². The monoisotopic (exact) mass is 329 g/mol. The molecule has 0 unspecified atom stereocenters. The Balaban J connectivity index is 3.07. The van der Waals surface area contributed by atoms with Gasteiger partial charge in [0.25, 0.3) is 0 Å². The van der Waals surface area contributed by atoms with Gasteiger partial charge in [-0.25, -0.2) is 0 Å². The second-order valence-corrected chi connectivity index (χ2v) is 5.17. The highest BCUT2D eigenvalue weighted by Crippen LogP contribution is 2.27. The standard InChI is InChI=1S/C11H9Br2NO/c1-5-3-8-9(6(2)10(5)13)11(15)7(12)4-14-8/h3-4H,1-2H3,(H,14,15). The maximum absolute atomic E-state index is 11.9. The molecule has 0 aliphatic carbocycles. The van der Waals surface area contributed by atoms with Gasteiger partial charge < -0.3 is 4.98 Å². The maximum Gasteiger partial charge on any atom is 0.203 e. The number of nitrogens with one attached hydrogen (secondary N) is 1. The van der Waals surface area contributed by atoms with Crippen molar-refractivity contribution in [3.63, 3.8) is 0 Å². The minimum absolute atomic E-state index is 0.0296. The van der Waals surface area contributed by atoms with Crippen molar-refractivity contribution in [1.82, 2.24) is 4.98 Å². The first-order chi connectivity index (χ1) is 7.02. The summed E-state index contributed by atoms with van der Waals surface area (Å²) in [7, 11) is 0. The van der Waals surface area contributed by atoms with Gasteiger partial charge in [-0.05, 0) is 47.0 Å². The number of benzene rings is 1. The normalized spacial score (nSPS) is 10.9. The van der Waals surface area contributed by atoms with Gasteiger partial charge in [-0.15, -0.1) is 0 Å². The smallest absolute Gasteiger partial charge is 0.203 e. The highest BCUT2D eigenvalue weighted by molar-refractivity contribution is 9.10. The second kappa shape index (κ2) is 3.76. The molecule has 4 heteroatoms. The molecule has 0 spiro atoms. The summed E-state index contributed by atoms with van der Waals surface area (Å²) in [6.07, 6.45) is 1.68. The van der Waals surface area contributed by atoms with Crippen molar-refractivity contribution in [2.75, 3.05) is 0 Å². The summed E-state index contributed by atoms with van der Waals surface area (Å²) in [5.74, 6) is 0. The lowest BCUT2D eigenvalue weighted by atomic mass is 10.1. The quantitative estimate of drug-likeness (QED) is 0.785. The largest absolute Gasteiger partial charge is 0.360 e. The lowest BCUT2D eigenvalue weighted by molar-refractivity contribution is 1.30. The molecule has 0 saturated carbocycles. The fraction of sp³-hybridized carbons (Fsp3) is 0.182. The molecule has 0 aliphatic rings. The van der Waals surface area contributed by atoms with Crippen molar-refractivity contribution in [3.8, 4) is 0 Å². The van der Waals surface area contributed by atoms with E-state index in [2.05, 4.69) is 36.8 Å². The van der Waals surface area contributed by atoms with E-state index in [9.17, 15) is 4.79 Å². The van der Waals surface area contributed by atoms with Crippen LogP contribution in [0.3, 0.4) is 0 Å². The fourth-order valence-corrected chi connectivity index (χ4v) is 2.32. The first-order valence-corrected chi connectivity index (χ1v) is 6.07. The summed E-state index contributed by atoms with van der Waals surface area (Å²) in [6.45, 7) is 3.96. The number of hydrogen-bond acceptors (Lipinski definition) is 1. The molecular weight excluding hydrogens is 322 g/mol. The van der Waals surface area contributed by atoms with Crippen LogP contribution in [0.2, 0.25) is 0 Å². The summed E-state index contributed by atoms with van der Waals surface area (Å²) >= 11 is 6.73. The Morgan fingerprint density at radius 2 is 1.93 bits per heavy atom. The molecule has 78 valence electrons. The van der Waals surface area contributed by atoms with Crippen LogP contribution in [0.5, 0.6) is 0 Å². The van der Waals surface area contributed by atoms with E-state index >= 15 is 0 Å². The summed E-state index contributed by atoms with van der Waals surface area (Å²) in [5.41, 5.74) is 3.01. The third kappa shape index (κ3) is 1.66. The number of aromatic amines is 1. The van der Waals surface area contributed by atoms with Gasteiger partial charge in [0.15, 0.2) is 0 Å². The molecule has 15 heavy (non-hydrogen) atoms. The number of pyridine rings is 1. The first-order valence-electron chi connectivity index (χ1n) is 4.49. The lowest BCUT2D eigenvalue weighted by Gasteiger charge is -2.07. The summed E-state index contributed by atoms with van der Waals surface area (Å²) < 4.78 is 1.56. The highest BCUT2D eigenvalue weighted by Gasteiger charge is 2.10. The topological polar surface area (TPSA) is 32.9 Å². The fourth-order valence-electron chi connectivity index (χ4n) is 1.69. The number of aromatic nitrogens is 1. The second-order valence-electron chi connectivity index (χ2n) is 3.52. The molecule has 0 saturated heterocycles. The van der Waals surface area contributed by atoms with Gasteiger partial charge >= 0.3 is 0 Å². The van der Waals surface area contributed by atoms with Crippen molar-refractivity contribution < 1.29 is 0 Å². The van der Waals surface area contributed by atoms with Crippen LogP contribution in [0.15, 0.2) is 26.0 Å². The van der Waals surface area contributed by atoms with E-state index in [0.717, 1.165) is 26.5 Å². The van der Waals surface area contributed by atoms with Crippen molar-refractivity contribution in [1.29, 1.82) is 0 Å². The molecule has 2 rings (SSSR count). The first kappa shape index (κ1) is 10.9. The molecule has 1 heterocycles. The van der Waals surface area contributed by atoms with Crippen molar-refractivity contribution >= 4 is 42.8 Å². The van der Waals surface area contributed by atoms with Crippen LogP contribution in [0.1, 0.15) is 11.1 Å². The molecule has 1 aromatic carbocycles. The Morgan fingerprint density at radius 1 is 1.27 bits per heavy atom. The highest BCUT2D eigenvalue weighted by atomic mass is 79.9. The predicted molar refractivity (Wildman–Crippen MR) is 69.4 cm³/mol. The van der Waals surface area contributed by atoms with Gasteiger partial charge in [0.05, 0.1) is 9.86 Å². The molecule has 0 bridgehead atoms. The van der Waals surface area contributed by atoms with E-state index in [1.165, 1.54) is 0 Å². The van der Waals surface area contributed by atoms with Crippen LogP contribution in [-0.2, 0) is 0 Å². The molecule has 0 fully saturated rings. The Labute approximate surface area is 104 Å².